The van der Waals surface area contributed by atoms with Crippen molar-refractivity contribution in [2.45, 2.75) is 19.4 Å². The molecule has 160 valence electrons. The van der Waals surface area contributed by atoms with Gasteiger partial charge in [-0.15, -0.1) is 0 Å². The van der Waals surface area contributed by atoms with Crippen molar-refractivity contribution in [2.75, 3.05) is 45.2 Å². The Kier molecular flexibility index (Phi) is 6.57. The van der Waals surface area contributed by atoms with E-state index in [1.54, 1.807) is 6.07 Å². The molecule has 0 spiro atoms. The highest BCUT2D eigenvalue weighted by Gasteiger charge is 2.28. The lowest BCUT2D eigenvalue weighted by molar-refractivity contribution is 0.0103. The van der Waals surface area contributed by atoms with Crippen LogP contribution in [0.1, 0.15) is 28.6 Å². The molecule has 0 bridgehead atoms. The maximum absolute atomic E-state index is 13.5. The van der Waals surface area contributed by atoms with Gasteiger partial charge in [0.05, 0.1) is 42.8 Å². The van der Waals surface area contributed by atoms with Crippen LogP contribution in [-0.2, 0) is 16.0 Å². The number of nitrogens with one attached hydrogen (secondary N) is 1. The zero-order valence-electron chi connectivity index (χ0n) is 16.7. The summed E-state index contributed by atoms with van der Waals surface area (Å²) in [5, 5.41) is 0. The fourth-order valence-corrected chi connectivity index (χ4v) is 4.32. The Morgan fingerprint density at radius 2 is 2.13 bits per heavy atom. The molecule has 1 aromatic carbocycles. The highest BCUT2D eigenvalue weighted by atomic mass is 79.9. The van der Waals surface area contributed by atoms with Crippen LogP contribution in [0.2, 0.25) is 0 Å². The van der Waals surface area contributed by atoms with Crippen LogP contribution in [0.3, 0.4) is 0 Å². The van der Waals surface area contributed by atoms with Crippen molar-refractivity contribution in [1.82, 2.24) is 20.3 Å². The molecule has 4 rings (SSSR count). The summed E-state index contributed by atoms with van der Waals surface area (Å²) in [6.07, 6.45) is 0.534. The van der Waals surface area contributed by atoms with Crippen LogP contribution >= 0.6 is 15.9 Å². The molecule has 3 heterocycles. The number of aliphatic imine (C=N–C) groups is 1. The summed E-state index contributed by atoms with van der Waals surface area (Å²) in [6.45, 7) is 6.46. The molecule has 2 aliphatic rings. The van der Waals surface area contributed by atoms with Gasteiger partial charge < -0.3 is 10.5 Å². The molecule has 3 N–H and O–H groups in total. The van der Waals surface area contributed by atoms with Gasteiger partial charge in [-0.3, -0.25) is 14.7 Å². The number of hydroxylamine groups is 1. The minimum Gasteiger partial charge on any atom is -0.379 e. The number of aromatic nitrogens is 2. The maximum Gasteiger partial charge on any atom is 0.220 e. The van der Waals surface area contributed by atoms with Gasteiger partial charge in [-0.1, -0.05) is 22.0 Å². The van der Waals surface area contributed by atoms with E-state index in [9.17, 15) is 4.39 Å². The molecule has 1 aromatic heterocycles. The summed E-state index contributed by atoms with van der Waals surface area (Å²) in [4.78, 5) is 21.6. The summed E-state index contributed by atoms with van der Waals surface area (Å²) in [6, 6.07) is 4.33. The van der Waals surface area contributed by atoms with E-state index in [0.717, 1.165) is 55.4 Å². The Bertz CT molecular complexity index is 951. The van der Waals surface area contributed by atoms with Gasteiger partial charge in [0.15, 0.2) is 5.84 Å². The first-order chi connectivity index (χ1) is 14.5. The van der Waals surface area contributed by atoms with Crippen molar-refractivity contribution in [2.24, 2.45) is 4.99 Å². The molecular weight excluding hydrogens is 455 g/mol. The fourth-order valence-electron chi connectivity index (χ4n) is 3.71. The Balaban J connectivity index is 1.54. The van der Waals surface area contributed by atoms with E-state index in [-0.39, 0.29) is 17.8 Å². The predicted octanol–water partition coefficient (Wildman–Crippen LogP) is 2.17. The largest absolute Gasteiger partial charge is 0.379 e. The normalized spacial score (nSPS) is 19.3. The molecule has 1 saturated heterocycles. The highest BCUT2D eigenvalue weighted by molar-refractivity contribution is 9.10. The summed E-state index contributed by atoms with van der Waals surface area (Å²) >= 11 is 3.45. The molecule has 30 heavy (non-hydrogen) atoms. The molecule has 0 radical (unpaired) electrons. The van der Waals surface area contributed by atoms with Crippen LogP contribution in [0.15, 0.2) is 27.7 Å². The van der Waals surface area contributed by atoms with Gasteiger partial charge in [-0.2, -0.15) is 0 Å². The van der Waals surface area contributed by atoms with Crippen LogP contribution in [0, 0.1) is 12.7 Å². The van der Waals surface area contributed by atoms with Crippen molar-refractivity contribution in [3.8, 4) is 0 Å². The van der Waals surface area contributed by atoms with Crippen molar-refractivity contribution in [3.05, 3.63) is 51.0 Å². The first-order valence-electron chi connectivity index (χ1n) is 9.85. The number of nitrogens with two attached hydrogens (primary N) is 1. The number of benzene rings is 1. The zero-order valence-corrected chi connectivity index (χ0v) is 18.3. The first-order valence-corrected chi connectivity index (χ1v) is 10.6. The van der Waals surface area contributed by atoms with E-state index in [4.69, 9.17) is 20.3 Å². The number of halogens is 2. The van der Waals surface area contributed by atoms with Gasteiger partial charge in [0.1, 0.15) is 5.82 Å². The number of amidine groups is 1. The third kappa shape index (κ3) is 4.77. The Labute approximate surface area is 182 Å². The van der Waals surface area contributed by atoms with Crippen LogP contribution in [0.5, 0.6) is 0 Å². The highest BCUT2D eigenvalue weighted by Crippen LogP contribution is 2.34. The Morgan fingerprint density at radius 1 is 1.33 bits per heavy atom. The lowest BCUT2D eigenvalue weighted by atomic mass is 9.95. The SMILES string of the molecule is Cc1nc(N)nc2c1C(NOCCN1CCOCC1)=NC(c1ccc(F)cc1Br)C2. The Hall–Kier alpha value is -2.14. The number of rotatable bonds is 5. The summed E-state index contributed by atoms with van der Waals surface area (Å²) in [5.41, 5.74) is 12.1. The number of hydrogen-bond donors (Lipinski definition) is 2. The second-order valence-corrected chi connectivity index (χ2v) is 8.11. The van der Waals surface area contributed by atoms with Gasteiger partial charge in [0, 0.05) is 30.5 Å². The third-order valence-corrected chi connectivity index (χ3v) is 5.88. The fraction of sp³-hybridized carbons (Fsp3) is 0.450. The van der Waals surface area contributed by atoms with E-state index >= 15 is 0 Å². The molecule has 2 aromatic rings. The lowest BCUT2D eigenvalue weighted by Gasteiger charge is -2.27. The van der Waals surface area contributed by atoms with Crippen molar-refractivity contribution in [1.29, 1.82) is 0 Å². The van der Waals surface area contributed by atoms with E-state index in [2.05, 4.69) is 36.3 Å². The van der Waals surface area contributed by atoms with Crippen molar-refractivity contribution in [3.63, 3.8) is 0 Å². The summed E-state index contributed by atoms with van der Waals surface area (Å²) in [7, 11) is 0. The number of aryl methyl sites for hydroxylation is 1. The van der Waals surface area contributed by atoms with Gasteiger partial charge in [0.25, 0.3) is 0 Å². The minimum atomic E-state index is -0.307. The van der Waals surface area contributed by atoms with E-state index in [0.29, 0.717) is 23.3 Å². The Morgan fingerprint density at radius 3 is 2.90 bits per heavy atom. The molecule has 2 aliphatic heterocycles. The molecule has 0 aliphatic carbocycles. The van der Waals surface area contributed by atoms with E-state index in [1.165, 1.54) is 12.1 Å². The molecule has 8 nitrogen and oxygen atoms in total. The standard InChI is InChI=1S/C20H24BrFN6O2/c1-12-18-17(26-20(23)24-12)11-16(14-3-2-13(22)10-15(14)21)25-19(18)27-30-9-6-28-4-7-29-8-5-28/h2-3,10,16H,4-9,11H2,1H3,(H,25,27)(H2,23,24,26). The number of fused-ring (bicyclic) bond motifs is 1. The second kappa shape index (κ2) is 9.34. The average molecular weight is 479 g/mol. The van der Waals surface area contributed by atoms with Crippen LogP contribution in [-0.4, -0.2) is 60.2 Å². The van der Waals surface area contributed by atoms with Gasteiger partial charge in [0.2, 0.25) is 5.95 Å². The number of nitrogen functional groups attached to an aromatic ring is 1. The third-order valence-electron chi connectivity index (χ3n) is 5.19. The number of morpholine rings is 1. The predicted molar refractivity (Wildman–Crippen MR) is 115 cm³/mol. The zero-order chi connectivity index (χ0) is 21.1. The minimum absolute atomic E-state index is 0.220. The summed E-state index contributed by atoms with van der Waals surface area (Å²) < 4.78 is 19.6. The second-order valence-electron chi connectivity index (χ2n) is 7.26. The van der Waals surface area contributed by atoms with Gasteiger partial charge >= 0.3 is 0 Å². The molecule has 1 unspecified atom stereocenters. The smallest absolute Gasteiger partial charge is 0.220 e. The molecule has 0 amide bonds. The van der Waals surface area contributed by atoms with Crippen molar-refractivity contribution >= 4 is 27.7 Å². The lowest BCUT2D eigenvalue weighted by Crippen LogP contribution is -2.40. The monoisotopic (exact) mass is 478 g/mol. The van der Waals surface area contributed by atoms with Gasteiger partial charge in [-0.05, 0) is 24.6 Å². The van der Waals surface area contributed by atoms with E-state index < -0.39 is 0 Å². The summed E-state index contributed by atoms with van der Waals surface area (Å²) in [5.74, 6) is 0.465. The molecule has 10 heteroatoms. The van der Waals surface area contributed by atoms with Crippen molar-refractivity contribution < 1.29 is 14.0 Å². The average Bonchev–Trinajstić information content (AvgIpc) is 2.71. The topological polar surface area (TPSA) is 97.9 Å². The number of anilines is 1. The van der Waals surface area contributed by atoms with Crippen LogP contribution < -0.4 is 11.2 Å². The molecule has 1 atom stereocenters. The van der Waals surface area contributed by atoms with Crippen LogP contribution in [0.4, 0.5) is 10.3 Å². The molecule has 0 saturated carbocycles. The van der Waals surface area contributed by atoms with Crippen LogP contribution in [0.25, 0.3) is 0 Å². The number of nitrogens with zero attached hydrogens (tertiary/aromatic N) is 4. The molecule has 1 fully saturated rings. The van der Waals surface area contributed by atoms with Gasteiger partial charge in [-0.25, -0.2) is 19.8 Å². The quantitative estimate of drug-likeness (QED) is 0.501. The van der Waals surface area contributed by atoms with E-state index in [1.807, 2.05) is 6.92 Å². The maximum atomic E-state index is 13.5. The number of hydrogen-bond acceptors (Lipinski definition) is 8. The number of ether oxygens (including phenoxy) is 1. The molecular formula is C20H24BrFN6O2. The first kappa shape index (κ1) is 21.1.